The highest BCUT2D eigenvalue weighted by atomic mass is 16.3. The lowest BCUT2D eigenvalue weighted by atomic mass is 9.93. The van der Waals surface area contributed by atoms with E-state index in [4.69, 9.17) is 0 Å². The van der Waals surface area contributed by atoms with Crippen molar-refractivity contribution in [1.29, 1.82) is 0 Å². The first-order valence-electron chi connectivity index (χ1n) is 6.31. The van der Waals surface area contributed by atoms with Gasteiger partial charge in [0, 0.05) is 0 Å². The Kier molecular flexibility index (Phi) is 5.01. The zero-order valence-electron chi connectivity index (χ0n) is 10.9. The lowest BCUT2D eigenvalue weighted by Gasteiger charge is -2.17. The maximum Gasteiger partial charge on any atom is 0.0566 e. The van der Waals surface area contributed by atoms with Gasteiger partial charge in [0.25, 0.3) is 0 Å². The summed E-state index contributed by atoms with van der Waals surface area (Å²) in [5.74, 6) is 0.933. The highest BCUT2D eigenvalue weighted by Crippen LogP contribution is 2.18. The molecule has 0 fully saturated rings. The summed E-state index contributed by atoms with van der Waals surface area (Å²) >= 11 is 0. The SMILES string of the molecule is CCC(O)C(C)Cc1ccc(C(C)C)cc1. The Labute approximate surface area is 99.5 Å². The molecule has 1 aromatic rings. The summed E-state index contributed by atoms with van der Waals surface area (Å²) < 4.78 is 0. The van der Waals surface area contributed by atoms with Gasteiger partial charge in [0.05, 0.1) is 6.10 Å². The molecule has 1 N–H and O–H groups in total. The molecule has 0 heterocycles. The highest BCUT2D eigenvalue weighted by molar-refractivity contribution is 5.25. The minimum atomic E-state index is -0.176. The molecule has 2 unspecified atom stereocenters. The largest absolute Gasteiger partial charge is 0.393 e. The Balaban J connectivity index is 2.61. The van der Waals surface area contributed by atoms with Gasteiger partial charge in [-0.15, -0.1) is 0 Å². The van der Waals surface area contributed by atoms with E-state index in [-0.39, 0.29) is 6.10 Å². The Bertz CT molecular complexity index is 300. The van der Waals surface area contributed by atoms with E-state index in [9.17, 15) is 5.11 Å². The fourth-order valence-corrected chi connectivity index (χ4v) is 1.95. The molecule has 0 aliphatic carbocycles. The van der Waals surface area contributed by atoms with Crippen LogP contribution in [-0.4, -0.2) is 11.2 Å². The molecule has 1 heteroatoms. The van der Waals surface area contributed by atoms with Crippen LogP contribution in [0.2, 0.25) is 0 Å². The Morgan fingerprint density at radius 1 is 1.06 bits per heavy atom. The minimum absolute atomic E-state index is 0.176. The first-order chi connectivity index (χ1) is 7.54. The molecule has 0 radical (unpaired) electrons. The van der Waals surface area contributed by atoms with Gasteiger partial charge >= 0.3 is 0 Å². The molecule has 16 heavy (non-hydrogen) atoms. The molecule has 2 atom stereocenters. The fraction of sp³-hybridized carbons (Fsp3) is 0.600. The smallest absolute Gasteiger partial charge is 0.0566 e. The van der Waals surface area contributed by atoms with Crippen LogP contribution in [0.5, 0.6) is 0 Å². The number of benzene rings is 1. The summed E-state index contributed by atoms with van der Waals surface area (Å²) in [7, 11) is 0. The zero-order chi connectivity index (χ0) is 12.1. The van der Waals surface area contributed by atoms with E-state index in [1.165, 1.54) is 11.1 Å². The van der Waals surface area contributed by atoms with Crippen LogP contribution >= 0.6 is 0 Å². The summed E-state index contributed by atoms with van der Waals surface area (Å²) in [6, 6.07) is 8.78. The Morgan fingerprint density at radius 2 is 1.62 bits per heavy atom. The second-order valence-corrected chi connectivity index (χ2v) is 5.05. The molecule has 0 spiro atoms. The number of hydrogen-bond acceptors (Lipinski definition) is 1. The quantitative estimate of drug-likeness (QED) is 0.801. The van der Waals surface area contributed by atoms with Crippen LogP contribution in [0, 0.1) is 5.92 Å². The third-order valence-electron chi connectivity index (χ3n) is 3.28. The van der Waals surface area contributed by atoms with Gasteiger partial charge in [-0.25, -0.2) is 0 Å². The molecule has 0 saturated carbocycles. The molecular formula is C15H24O. The average Bonchev–Trinajstić information content (AvgIpc) is 2.28. The minimum Gasteiger partial charge on any atom is -0.393 e. The van der Waals surface area contributed by atoms with Crippen LogP contribution in [0.1, 0.15) is 51.2 Å². The maximum atomic E-state index is 9.73. The van der Waals surface area contributed by atoms with Gasteiger partial charge in [-0.3, -0.25) is 0 Å². The van der Waals surface area contributed by atoms with Gasteiger partial charge in [0.1, 0.15) is 0 Å². The third kappa shape index (κ3) is 3.64. The van der Waals surface area contributed by atoms with Gasteiger partial charge < -0.3 is 5.11 Å². The molecule has 0 bridgehead atoms. The molecule has 0 aliphatic heterocycles. The van der Waals surface area contributed by atoms with Crippen LogP contribution < -0.4 is 0 Å². The number of hydrogen-bond donors (Lipinski definition) is 1. The van der Waals surface area contributed by atoms with Crippen LogP contribution in [0.3, 0.4) is 0 Å². The highest BCUT2D eigenvalue weighted by Gasteiger charge is 2.12. The molecule has 0 aromatic heterocycles. The molecular weight excluding hydrogens is 196 g/mol. The van der Waals surface area contributed by atoms with E-state index < -0.39 is 0 Å². The van der Waals surface area contributed by atoms with Crippen LogP contribution in [0.25, 0.3) is 0 Å². The van der Waals surface area contributed by atoms with Crippen molar-refractivity contribution in [2.75, 3.05) is 0 Å². The second-order valence-electron chi connectivity index (χ2n) is 5.05. The van der Waals surface area contributed by atoms with Crippen molar-refractivity contribution in [3.63, 3.8) is 0 Å². The van der Waals surface area contributed by atoms with Crippen molar-refractivity contribution < 1.29 is 5.11 Å². The lowest BCUT2D eigenvalue weighted by molar-refractivity contribution is 0.113. The summed E-state index contributed by atoms with van der Waals surface area (Å²) in [5.41, 5.74) is 2.71. The Hall–Kier alpha value is -0.820. The summed E-state index contributed by atoms with van der Waals surface area (Å²) in [4.78, 5) is 0. The average molecular weight is 220 g/mol. The van der Waals surface area contributed by atoms with Crippen molar-refractivity contribution in [3.8, 4) is 0 Å². The molecule has 0 aliphatic rings. The predicted molar refractivity (Wildman–Crippen MR) is 69.7 cm³/mol. The van der Waals surface area contributed by atoms with Gasteiger partial charge in [0.15, 0.2) is 0 Å². The second kappa shape index (κ2) is 6.05. The normalized spacial score (nSPS) is 15.1. The number of aliphatic hydroxyl groups is 1. The van der Waals surface area contributed by atoms with Crippen molar-refractivity contribution >= 4 is 0 Å². The Morgan fingerprint density at radius 3 is 2.06 bits per heavy atom. The van der Waals surface area contributed by atoms with E-state index in [0.29, 0.717) is 11.8 Å². The summed E-state index contributed by atoms with van der Waals surface area (Å²) in [5, 5.41) is 9.73. The lowest BCUT2D eigenvalue weighted by Crippen LogP contribution is -2.18. The van der Waals surface area contributed by atoms with Crippen molar-refractivity contribution in [2.45, 2.75) is 52.6 Å². The van der Waals surface area contributed by atoms with Crippen molar-refractivity contribution in [2.24, 2.45) is 5.92 Å². The van der Waals surface area contributed by atoms with Gasteiger partial charge in [0.2, 0.25) is 0 Å². The standard InChI is InChI=1S/C15H24O/c1-5-15(16)12(4)10-13-6-8-14(9-7-13)11(2)3/h6-9,11-12,15-16H,5,10H2,1-4H3. The monoisotopic (exact) mass is 220 g/mol. The predicted octanol–water partition coefficient (Wildman–Crippen LogP) is 3.76. The number of rotatable bonds is 5. The topological polar surface area (TPSA) is 20.2 Å². The summed E-state index contributed by atoms with van der Waals surface area (Å²) in [6.45, 7) is 8.56. The number of aliphatic hydroxyl groups excluding tert-OH is 1. The van der Waals surface area contributed by atoms with Gasteiger partial charge in [-0.05, 0) is 35.8 Å². The van der Waals surface area contributed by atoms with E-state index in [1.54, 1.807) is 0 Å². The van der Waals surface area contributed by atoms with Crippen LogP contribution in [0.4, 0.5) is 0 Å². The first-order valence-corrected chi connectivity index (χ1v) is 6.31. The molecule has 90 valence electrons. The summed E-state index contributed by atoms with van der Waals surface area (Å²) in [6.07, 6.45) is 1.63. The first kappa shape index (κ1) is 13.2. The van der Waals surface area contributed by atoms with Crippen LogP contribution in [0.15, 0.2) is 24.3 Å². The van der Waals surface area contributed by atoms with Crippen molar-refractivity contribution in [1.82, 2.24) is 0 Å². The van der Waals surface area contributed by atoms with E-state index in [1.807, 2.05) is 6.92 Å². The van der Waals surface area contributed by atoms with Gasteiger partial charge in [-0.2, -0.15) is 0 Å². The fourth-order valence-electron chi connectivity index (χ4n) is 1.95. The van der Waals surface area contributed by atoms with Crippen LogP contribution in [-0.2, 0) is 6.42 Å². The van der Waals surface area contributed by atoms with Gasteiger partial charge in [-0.1, -0.05) is 52.0 Å². The zero-order valence-corrected chi connectivity index (χ0v) is 10.9. The van der Waals surface area contributed by atoms with E-state index >= 15 is 0 Å². The van der Waals surface area contributed by atoms with E-state index in [2.05, 4.69) is 45.0 Å². The maximum absolute atomic E-state index is 9.73. The third-order valence-corrected chi connectivity index (χ3v) is 3.28. The molecule has 1 aromatic carbocycles. The van der Waals surface area contributed by atoms with E-state index in [0.717, 1.165) is 12.8 Å². The molecule has 1 nitrogen and oxygen atoms in total. The molecule has 0 saturated heterocycles. The van der Waals surface area contributed by atoms with Crippen molar-refractivity contribution in [3.05, 3.63) is 35.4 Å². The molecule has 1 rings (SSSR count). The molecule has 0 amide bonds.